The molecule has 4 nitrogen and oxygen atoms in total. The highest BCUT2D eigenvalue weighted by molar-refractivity contribution is 6.30. The van der Waals surface area contributed by atoms with Crippen molar-refractivity contribution < 1.29 is 24.1 Å². The number of fused-ring (bicyclic) bond motifs is 1. The Kier molecular flexibility index (Phi) is 4.07. The zero-order valence-corrected chi connectivity index (χ0v) is 13.0. The topological polar surface area (TPSA) is 32.8 Å². The van der Waals surface area contributed by atoms with E-state index in [0.29, 0.717) is 23.6 Å². The maximum Gasteiger partial charge on any atom is 0.416 e. The zero-order valence-electron chi connectivity index (χ0n) is 13.2. The van der Waals surface area contributed by atoms with Crippen LogP contribution in [0.2, 0.25) is 5.02 Å². The van der Waals surface area contributed by atoms with Crippen molar-refractivity contribution in [1.29, 1.82) is 0 Å². The summed E-state index contributed by atoms with van der Waals surface area (Å²) in [6.07, 6.45) is -5.91. The maximum atomic E-state index is 12.8. The Morgan fingerprint density at radius 1 is 1.35 bits per heavy atom. The molecule has 1 aromatic carbocycles. The number of hydrogen-bond donors (Lipinski definition) is 0. The molecule has 0 saturated carbocycles. The van der Waals surface area contributed by atoms with Gasteiger partial charge < -0.3 is 14.5 Å². The van der Waals surface area contributed by atoms with Crippen LogP contribution < -0.4 is 0 Å². The summed E-state index contributed by atoms with van der Waals surface area (Å²) in [6, 6.07) is 3.06. The van der Waals surface area contributed by atoms with Crippen LogP contribution in [0, 0.1) is 0 Å². The van der Waals surface area contributed by atoms with Crippen LogP contribution in [-0.4, -0.2) is 54.4 Å². The van der Waals surface area contributed by atoms with Gasteiger partial charge in [-0.05, 0) is 29.7 Å². The van der Waals surface area contributed by atoms with Crippen molar-refractivity contribution in [3.8, 4) is 0 Å². The van der Waals surface area contributed by atoms with Crippen LogP contribution in [0.3, 0.4) is 0 Å². The standard InChI is InChI=1S/C15H16ClF3N2O2/c16-12-2-1-11-8-20(4-3-10(11)7-12)14(22)21-5-6-23-13(9-21)15(17,18)19/h1-2,7,13H,3-6,8-9H2/i1D. The van der Waals surface area contributed by atoms with Gasteiger partial charge in [0.25, 0.3) is 0 Å². The fraction of sp³-hybridized carbons (Fsp3) is 0.533. The van der Waals surface area contributed by atoms with Crippen molar-refractivity contribution in [2.75, 3.05) is 26.2 Å². The molecule has 0 spiro atoms. The monoisotopic (exact) mass is 349 g/mol. The number of halogens is 4. The van der Waals surface area contributed by atoms with Gasteiger partial charge in [-0.3, -0.25) is 0 Å². The van der Waals surface area contributed by atoms with Gasteiger partial charge in [0, 0.05) is 24.7 Å². The lowest BCUT2D eigenvalue weighted by molar-refractivity contribution is -0.233. The molecule has 0 aliphatic carbocycles. The molecule has 1 aromatic rings. The third-order valence-electron chi connectivity index (χ3n) is 4.06. The number of alkyl halides is 3. The van der Waals surface area contributed by atoms with E-state index in [1.807, 2.05) is 0 Å². The predicted octanol–water partition coefficient (Wildman–Crippen LogP) is 3.08. The van der Waals surface area contributed by atoms with Gasteiger partial charge in [0.05, 0.1) is 14.5 Å². The van der Waals surface area contributed by atoms with Gasteiger partial charge in [0.15, 0.2) is 6.10 Å². The van der Waals surface area contributed by atoms with Crippen LogP contribution in [-0.2, 0) is 17.7 Å². The number of nitrogens with zero attached hydrogens (tertiary/aromatic N) is 2. The average molecular weight is 350 g/mol. The first kappa shape index (κ1) is 15.1. The van der Waals surface area contributed by atoms with E-state index in [1.165, 1.54) is 15.9 Å². The first-order valence-electron chi connectivity index (χ1n) is 7.76. The largest absolute Gasteiger partial charge is 0.416 e. The summed E-state index contributed by atoms with van der Waals surface area (Å²) >= 11 is 5.93. The van der Waals surface area contributed by atoms with Gasteiger partial charge in [-0.25, -0.2) is 4.79 Å². The molecule has 23 heavy (non-hydrogen) atoms. The smallest absolute Gasteiger partial charge is 0.365 e. The Morgan fingerprint density at radius 2 is 2.13 bits per heavy atom. The van der Waals surface area contributed by atoms with Gasteiger partial charge >= 0.3 is 12.2 Å². The van der Waals surface area contributed by atoms with Crippen molar-refractivity contribution in [3.63, 3.8) is 0 Å². The van der Waals surface area contributed by atoms with Gasteiger partial charge in [0.2, 0.25) is 0 Å². The molecule has 8 heteroatoms. The summed E-state index contributed by atoms with van der Waals surface area (Å²) < 4.78 is 51.1. The lowest BCUT2D eigenvalue weighted by Gasteiger charge is -2.38. The molecule has 1 fully saturated rings. The summed E-state index contributed by atoms with van der Waals surface area (Å²) in [5, 5.41) is 0.472. The van der Waals surface area contributed by atoms with Gasteiger partial charge in [-0.1, -0.05) is 17.6 Å². The van der Waals surface area contributed by atoms with Crippen molar-refractivity contribution in [2.24, 2.45) is 0 Å². The van der Waals surface area contributed by atoms with Crippen LogP contribution in [0.4, 0.5) is 18.0 Å². The predicted molar refractivity (Wildman–Crippen MR) is 78.3 cm³/mol. The molecule has 126 valence electrons. The molecule has 0 N–H and O–H groups in total. The number of carbonyl (C=O) groups excluding carboxylic acids is 1. The quantitative estimate of drug-likeness (QED) is 0.721. The molecule has 2 aliphatic rings. The molecule has 2 heterocycles. The normalized spacial score (nSPS) is 22.6. The Bertz CT molecular complexity index is 656. The minimum atomic E-state index is -4.49. The highest BCUT2D eigenvalue weighted by Gasteiger charge is 2.44. The van der Waals surface area contributed by atoms with E-state index in [4.69, 9.17) is 17.7 Å². The number of urea groups is 1. The van der Waals surface area contributed by atoms with Crippen LogP contribution in [0.1, 0.15) is 12.5 Å². The fourth-order valence-corrected chi connectivity index (χ4v) is 3.01. The summed E-state index contributed by atoms with van der Waals surface area (Å²) in [5.74, 6) is 0. The number of carbonyl (C=O) groups is 1. The average Bonchev–Trinajstić information content (AvgIpc) is 2.53. The number of hydrogen-bond acceptors (Lipinski definition) is 2. The fourth-order valence-electron chi connectivity index (χ4n) is 2.82. The van der Waals surface area contributed by atoms with Crippen molar-refractivity contribution in [3.05, 3.63) is 34.3 Å². The molecular weight excluding hydrogens is 333 g/mol. The Labute approximate surface area is 138 Å². The highest BCUT2D eigenvalue weighted by Crippen LogP contribution is 2.27. The molecule has 0 radical (unpaired) electrons. The molecule has 3 rings (SSSR count). The van der Waals surface area contributed by atoms with Gasteiger partial charge in [0.1, 0.15) is 0 Å². The minimum Gasteiger partial charge on any atom is -0.365 e. The number of amides is 2. The summed E-state index contributed by atoms with van der Waals surface area (Å²) in [4.78, 5) is 15.2. The van der Waals surface area contributed by atoms with E-state index in [0.717, 1.165) is 5.56 Å². The Morgan fingerprint density at radius 3 is 2.87 bits per heavy atom. The number of benzene rings is 1. The van der Waals surface area contributed by atoms with Gasteiger partial charge in [-0.15, -0.1) is 0 Å². The van der Waals surface area contributed by atoms with Crippen LogP contribution in [0.25, 0.3) is 0 Å². The third-order valence-corrected chi connectivity index (χ3v) is 4.27. The molecule has 1 saturated heterocycles. The molecule has 2 amide bonds. The maximum absolute atomic E-state index is 12.8. The van der Waals surface area contributed by atoms with E-state index in [9.17, 15) is 18.0 Å². The highest BCUT2D eigenvalue weighted by atomic mass is 35.5. The number of rotatable bonds is 0. The molecular formula is C15H16ClF3N2O2. The van der Waals surface area contributed by atoms with E-state index < -0.39 is 24.9 Å². The van der Waals surface area contributed by atoms with E-state index >= 15 is 0 Å². The van der Waals surface area contributed by atoms with Crippen molar-refractivity contribution >= 4 is 17.6 Å². The first-order valence-corrected chi connectivity index (χ1v) is 7.63. The lowest BCUT2D eigenvalue weighted by atomic mass is 10.00. The molecule has 1 unspecified atom stereocenters. The third kappa shape index (κ3) is 3.55. The van der Waals surface area contributed by atoms with E-state index in [2.05, 4.69) is 0 Å². The zero-order chi connectivity index (χ0) is 17.5. The van der Waals surface area contributed by atoms with Crippen molar-refractivity contribution in [2.45, 2.75) is 25.2 Å². The Hall–Kier alpha value is -1.47. The van der Waals surface area contributed by atoms with Crippen molar-refractivity contribution in [1.82, 2.24) is 9.80 Å². The molecule has 1 atom stereocenters. The van der Waals surface area contributed by atoms with E-state index in [-0.39, 0.29) is 25.7 Å². The number of morpholine rings is 1. The minimum absolute atomic E-state index is 0.128. The summed E-state index contributed by atoms with van der Waals surface area (Å²) in [6.45, 7) is 0.0840. The molecule has 0 aromatic heterocycles. The van der Waals surface area contributed by atoms with Crippen LogP contribution in [0.5, 0.6) is 0 Å². The first-order chi connectivity index (χ1) is 11.3. The van der Waals surface area contributed by atoms with E-state index in [1.54, 1.807) is 6.07 Å². The Balaban J connectivity index is 1.72. The summed E-state index contributed by atoms with van der Waals surface area (Å²) in [5.41, 5.74) is 1.60. The van der Waals surface area contributed by atoms with Gasteiger partial charge in [-0.2, -0.15) is 13.2 Å². The van der Waals surface area contributed by atoms with Crippen LogP contribution in [0.15, 0.2) is 18.2 Å². The number of ether oxygens (including phenoxy) is 1. The second-order valence-electron chi connectivity index (χ2n) is 5.62. The second-order valence-corrected chi connectivity index (χ2v) is 6.06. The lowest BCUT2D eigenvalue weighted by Crippen LogP contribution is -2.55. The molecule has 0 bridgehead atoms. The molecule has 2 aliphatic heterocycles. The van der Waals surface area contributed by atoms with Crippen LogP contribution >= 0.6 is 11.6 Å². The summed E-state index contributed by atoms with van der Waals surface area (Å²) in [7, 11) is 0. The second kappa shape index (κ2) is 6.20. The SMILES string of the molecule is [2H]c1cc(Cl)cc2c1CN(C(=O)N1CCOC(C(F)(F)F)C1)CC2.